The van der Waals surface area contributed by atoms with Crippen molar-refractivity contribution in [1.82, 2.24) is 14.8 Å². The van der Waals surface area contributed by atoms with Gasteiger partial charge in [0.2, 0.25) is 0 Å². The van der Waals surface area contributed by atoms with Crippen molar-refractivity contribution in [3.8, 4) is 0 Å². The first kappa shape index (κ1) is 17.4. The maximum absolute atomic E-state index is 5.24. The molecule has 4 heteroatoms. The lowest BCUT2D eigenvalue weighted by atomic mass is 9.59. The Hall–Kier alpha value is -2.43. The van der Waals surface area contributed by atoms with Gasteiger partial charge in [0.1, 0.15) is 0 Å². The average molecular weight is 385 g/mol. The maximum atomic E-state index is 5.24. The Labute approximate surface area is 172 Å². The number of fused-ring (bicyclic) bond motifs is 1. The highest BCUT2D eigenvalue weighted by molar-refractivity contribution is 5.89. The van der Waals surface area contributed by atoms with Crippen molar-refractivity contribution in [2.45, 2.75) is 26.1 Å². The van der Waals surface area contributed by atoms with E-state index in [1.54, 1.807) is 0 Å². The summed E-state index contributed by atoms with van der Waals surface area (Å²) < 4.78 is 0. The minimum atomic E-state index is 0.200. The first-order chi connectivity index (χ1) is 14.0. The number of nitrogens with one attached hydrogen (secondary N) is 1. The van der Waals surface area contributed by atoms with Crippen molar-refractivity contribution in [1.29, 1.82) is 0 Å². The van der Waals surface area contributed by atoms with E-state index in [1.807, 2.05) is 6.20 Å². The average Bonchev–Trinajstić information content (AvgIpc) is 3.14. The summed E-state index contributed by atoms with van der Waals surface area (Å²) in [6.45, 7) is 9.38. The van der Waals surface area contributed by atoms with Crippen LogP contribution in [0.2, 0.25) is 0 Å². The Bertz CT molecular complexity index is 1040. The van der Waals surface area contributed by atoms with Crippen LogP contribution in [0.4, 0.5) is 0 Å². The lowest BCUT2D eigenvalue weighted by Gasteiger charge is -2.68. The first-order valence-electron chi connectivity index (χ1n) is 10.7. The normalized spacial score (nSPS) is 38.3. The molecule has 4 saturated heterocycles. The molecule has 4 nitrogen and oxygen atoms in total. The number of H-pyrrole nitrogens is 1. The van der Waals surface area contributed by atoms with Gasteiger partial charge in [0.05, 0.1) is 12.2 Å². The largest absolute Gasteiger partial charge is 0.361 e. The van der Waals surface area contributed by atoms with Gasteiger partial charge < -0.3 is 4.98 Å². The zero-order valence-electron chi connectivity index (χ0n) is 17.2. The Kier molecular flexibility index (Phi) is 3.63. The van der Waals surface area contributed by atoms with Gasteiger partial charge in [-0.15, -0.1) is 0 Å². The molecule has 3 aromatic rings. The van der Waals surface area contributed by atoms with Gasteiger partial charge in [-0.25, -0.2) is 0 Å². The molecule has 7 rings (SSSR count). The summed E-state index contributed by atoms with van der Waals surface area (Å²) in [5.41, 5.74) is 4.21. The molecule has 4 aliphatic heterocycles. The molecule has 5 heterocycles. The number of aromatic amines is 1. The highest BCUT2D eigenvalue weighted by atomic mass is 15.4. The minimum absolute atomic E-state index is 0.200. The topological polar surface area (TPSA) is 34.6 Å². The van der Waals surface area contributed by atoms with E-state index in [2.05, 4.69) is 89.4 Å². The fraction of sp³-hybridized carbons (Fsp3) is 0.400. The molecule has 2 aromatic carbocycles. The number of hydrogen-bond acceptors (Lipinski definition) is 3. The van der Waals surface area contributed by atoms with Crippen LogP contribution < -0.4 is 0 Å². The molecule has 4 bridgehead atoms. The predicted molar refractivity (Wildman–Crippen MR) is 118 cm³/mol. The molecule has 148 valence electrons. The van der Waals surface area contributed by atoms with Crippen molar-refractivity contribution in [2.24, 2.45) is 15.8 Å². The monoisotopic (exact) mass is 384 g/mol. The smallest absolute Gasteiger partial charge is 0.0887 e. The number of aliphatic imine (C=N–C) groups is 1. The van der Waals surface area contributed by atoms with Crippen LogP contribution in [0.25, 0.3) is 10.9 Å². The number of aromatic nitrogens is 1. The molecule has 0 radical (unpaired) electrons. The third-order valence-electron chi connectivity index (χ3n) is 7.32. The van der Waals surface area contributed by atoms with Gasteiger partial charge in [-0.1, -0.05) is 50.2 Å². The number of hydrogen-bond donors (Lipinski definition) is 1. The summed E-state index contributed by atoms with van der Waals surface area (Å²) >= 11 is 0. The van der Waals surface area contributed by atoms with Crippen LogP contribution >= 0.6 is 0 Å². The fourth-order valence-corrected chi connectivity index (χ4v) is 6.55. The molecule has 0 amide bonds. The summed E-state index contributed by atoms with van der Waals surface area (Å²) in [7, 11) is 0. The van der Waals surface area contributed by atoms with Gasteiger partial charge in [0.15, 0.2) is 0 Å². The lowest BCUT2D eigenvalue weighted by molar-refractivity contribution is -0.205. The number of nitrogens with zero attached hydrogens (tertiary/aromatic N) is 3. The summed E-state index contributed by atoms with van der Waals surface area (Å²) in [5.74, 6) is 0. The molecule has 0 spiro atoms. The number of benzene rings is 2. The molecule has 0 unspecified atom stereocenters. The summed E-state index contributed by atoms with van der Waals surface area (Å²) in [6.07, 6.45) is 4.55. The first-order valence-corrected chi connectivity index (χ1v) is 10.7. The van der Waals surface area contributed by atoms with Crippen molar-refractivity contribution in [3.05, 3.63) is 71.9 Å². The highest BCUT2D eigenvalue weighted by Gasteiger charge is 2.62. The van der Waals surface area contributed by atoms with Crippen molar-refractivity contribution in [3.63, 3.8) is 0 Å². The molecule has 29 heavy (non-hydrogen) atoms. The molecule has 4 fully saturated rings. The molecule has 0 atom stereocenters. The molecular weight excluding hydrogens is 356 g/mol. The maximum Gasteiger partial charge on any atom is 0.0887 e. The van der Waals surface area contributed by atoms with E-state index in [-0.39, 0.29) is 10.8 Å². The van der Waals surface area contributed by atoms with Gasteiger partial charge in [-0.05, 0) is 34.7 Å². The van der Waals surface area contributed by atoms with Gasteiger partial charge in [-0.2, -0.15) is 0 Å². The second kappa shape index (κ2) is 6.04. The van der Waals surface area contributed by atoms with Gasteiger partial charge in [0.25, 0.3) is 0 Å². The van der Waals surface area contributed by atoms with Gasteiger partial charge in [0, 0.05) is 54.9 Å². The molecule has 0 aliphatic carbocycles. The van der Waals surface area contributed by atoms with Crippen LogP contribution in [0.15, 0.2) is 65.8 Å². The number of rotatable bonds is 3. The van der Waals surface area contributed by atoms with Gasteiger partial charge >= 0.3 is 0 Å². The van der Waals surface area contributed by atoms with Crippen molar-refractivity contribution < 1.29 is 0 Å². The zero-order chi connectivity index (χ0) is 19.6. The third kappa shape index (κ3) is 2.62. The van der Waals surface area contributed by atoms with Crippen molar-refractivity contribution in [2.75, 3.05) is 26.2 Å². The quantitative estimate of drug-likeness (QED) is 0.683. The van der Waals surface area contributed by atoms with E-state index in [0.29, 0.717) is 12.2 Å². The molecule has 1 aromatic heterocycles. The molecular formula is C25H28N4. The molecule has 4 aliphatic rings. The van der Waals surface area contributed by atoms with Crippen LogP contribution in [0.1, 0.15) is 31.1 Å². The summed E-state index contributed by atoms with van der Waals surface area (Å²) in [5, 5.41) is 1.25. The predicted octanol–water partition coefficient (Wildman–Crippen LogP) is 4.31. The Morgan fingerprint density at radius 1 is 0.931 bits per heavy atom. The van der Waals surface area contributed by atoms with E-state index in [9.17, 15) is 0 Å². The second-order valence-corrected chi connectivity index (χ2v) is 9.91. The van der Waals surface area contributed by atoms with Crippen LogP contribution in [-0.2, 0) is 0 Å². The van der Waals surface area contributed by atoms with Crippen LogP contribution in [0.5, 0.6) is 0 Å². The fourth-order valence-electron chi connectivity index (χ4n) is 6.55. The SMILES string of the molecule is CC12CN3CC(C)(CN(C1)C3c1ccccc1)C2N=Cc1ccc2[nH]ccc2c1. The summed E-state index contributed by atoms with van der Waals surface area (Å²) in [6, 6.07) is 20.1. The van der Waals surface area contributed by atoms with Crippen molar-refractivity contribution >= 4 is 17.1 Å². The van der Waals surface area contributed by atoms with E-state index >= 15 is 0 Å². The van der Waals surface area contributed by atoms with Crippen LogP contribution in [-0.4, -0.2) is 53.2 Å². The second-order valence-electron chi connectivity index (χ2n) is 9.91. The number of piperidine rings is 2. The minimum Gasteiger partial charge on any atom is -0.361 e. The van der Waals surface area contributed by atoms with E-state index < -0.39 is 0 Å². The lowest BCUT2D eigenvalue weighted by Crippen LogP contribution is -2.76. The van der Waals surface area contributed by atoms with E-state index in [0.717, 1.165) is 26.2 Å². The molecule has 0 saturated carbocycles. The third-order valence-corrected chi connectivity index (χ3v) is 7.32. The zero-order valence-corrected chi connectivity index (χ0v) is 17.2. The standard InChI is InChI=1S/C25H28N4/c1-24-14-28-16-25(2,17-29(15-24)22(28)19-6-4-3-5-7-19)23(24)27-13-18-8-9-21-20(12-18)10-11-26-21/h3-13,22-23,26H,14-17H2,1-2H3. The molecule has 1 N–H and O–H groups in total. The van der Waals surface area contributed by atoms with Crippen LogP contribution in [0, 0.1) is 10.8 Å². The van der Waals surface area contributed by atoms with Gasteiger partial charge in [-0.3, -0.25) is 14.8 Å². The van der Waals surface area contributed by atoms with Crippen LogP contribution in [0.3, 0.4) is 0 Å². The van der Waals surface area contributed by atoms with E-state index in [4.69, 9.17) is 4.99 Å². The Morgan fingerprint density at radius 2 is 1.62 bits per heavy atom. The highest BCUT2D eigenvalue weighted by Crippen LogP contribution is 2.55. The Morgan fingerprint density at radius 3 is 2.31 bits per heavy atom. The van der Waals surface area contributed by atoms with E-state index in [1.165, 1.54) is 22.0 Å². The summed E-state index contributed by atoms with van der Waals surface area (Å²) in [4.78, 5) is 13.9. The Balaban J connectivity index is 1.31.